The van der Waals surface area contributed by atoms with Crippen LogP contribution in [0.1, 0.15) is 28.4 Å². The highest BCUT2D eigenvalue weighted by atomic mass is 32.2. The first-order chi connectivity index (χ1) is 13.5. The maximum atomic E-state index is 13.2. The van der Waals surface area contributed by atoms with E-state index < -0.39 is 27.9 Å². The van der Waals surface area contributed by atoms with Crippen molar-refractivity contribution < 1.29 is 31.1 Å². The molecule has 1 aliphatic heterocycles. The molecule has 0 spiro atoms. The fourth-order valence-electron chi connectivity index (χ4n) is 3.20. The SMILES string of the molecule is COc1cc(C)c(C)cc1S(=O)(=O)N1CCOC(c2ccc(C(F)(F)F)cc2)C1. The van der Waals surface area contributed by atoms with Gasteiger partial charge in [0.1, 0.15) is 10.6 Å². The molecule has 1 heterocycles. The van der Waals surface area contributed by atoms with Gasteiger partial charge in [0.15, 0.2) is 0 Å². The highest BCUT2D eigenvalue weighted by Crippen LogP contribution is 2.34. The minimum absolute atomic E-state index is 0.00375. The van der Waals surface area contributed by atoms with Crippen LogP contribution in [0.3, 0.4) is 0 Å². The van der Waals surface area contributed by atoms with Crippen LogP contribution in [0.25, 0.3) is 0 Å². The Labute approximate surface area is 168 Å². The minimum atomic E-state index is -4.43. The second-order valence-corrected chi connectivity index (χ2v) is 8.84. The fourth-order valence-corrected chi connectivity index (χ4v) is 4.84. The molecule has 1 atom stereocenters. The minimum Gasteiger partial charge on any atom is -0.495 e. The third-order valence-electron chi connectivity index (χ3n) is 5.04. The van der Waals surface area contributed by atoms with Crippen molar-refractivity contribution in [3.05, 3.63) is 58.7 Å². The fraction of sp³-hybridized carbons (Fsp3) is 0.400. The first kappa shape index (κ1) is 21.6. The van der Waals surface area contributed by atoms with Crippen molar-refractivity contribution in [3.8, 4) is 5.75 Å². The molecule has 0 N–H and O–H groups in total. The van der Waals surface area contributed by atoms with Crippen LogP contribution in [0.2, 0.25) is 0 Å². The van der Waals surface area contributed by atoms with E-state index in [9.17, 15) is 21.6 Å². The van der Waals surface area contributed by atoms with E-state index in [-0.39, 0.29) is 30.3 Å². The number of halogens is 3. The summed E-state index contributed by atoms with van der Waals surface area (Å²) < 4.78 is 77.0. The van der Waals surface area contributed by atoms with E-state index >= 15 is 0 Å². The van der Waals surface area contributed by atoms with Crippen molar-refractivity contribution in [1.82, 2.24) is 4.31 Å². The van der Waals surface area contributed by atoms with Crippen LogP contribution in [-0.4, -0.2) is 39.5 Å². The molecule has 1 aliphatic rings. The van der Waals surface area contributed by atoms with E-state index in [0.717, 1.165) is 23.3 Å². The average molecular weight is 429 g/mol. The standard InChI is InChI=1S/C20H22F3NO4S/c1-13-10-17(27-3)19(11-14(13)2)29(25,26)24-8-9-28-18(12-24)15-4-6-16(7-5-15)20(21,22)23/h4-7,10-11,18H,8-9,12H2,1-3H3. The van der Waals surface area contributed by atoms with E-state index in [4.69, 9.17) is 9.47 Å². The van der Waals surface area contributed by atoms with Gasteiger partial charge in [-0.3, -0.25) is 0 Å². The van der Waals surface area contributed by atoms with Gasteiger partial charge in [-0.25, -0.2) is 8.42 Å². The van der Waals surface area contributed by atoms with Crippen LogP contribution in [0.15, 0.2) is 41.3 Å². The second kappa shape index (κ2) is 7.97. The number of morpholine rings is 1. The van der Waals surface area contributed by atoms with E-state index in [0.29, 0.717) is 5.56 Å². The monoisotopic (exact) mass is 429 g/mol. The maximum Gasteiger partial charge on any atom is 0.416 e. The Hall–Kier alpha value is -2.10. The highest BCUT2D eigenvalue weighted by molar-refractivity contribution is 7.89. The van der Waals surface area contributed by atoms with Crippen molar-refractivity contribution in [3.63, 3.8) is 0 Å². The van der Waals surface area contributed by atoms with Crippen LogP contribution < -0.4 is 4.74 Å². The largest absolute Gasteiger partial charge is 0.495 e. The lowest BCUT2D eigenvalue weighted by Crippen LogP contribution is -2.42. The number of ether oxygens (including phenoxy) is 2. The molecule has 2 aromatic rings. The van der Waals surface area contributed by atoms with Crippen LogP contribution in [-0.2, 0) is 20.9 Å². The van der Waals surface area contributed by atoms with Crippen molar-refractivity contribution in [2.45, 2.75) is 31.0 Å². The average Bonchev–Trinajstić information content (AvgIpc) is 2.69. The van der Waals surface area contributed by atoms with E-state index in [1.807, 2.05) is 13.8 Å². The number of methoxy groups -OCH3 is 1. The van der Waals surface area contributed by atoms with Crippen LogP contribution >= 0.6 is 0 Å². The summed E-state index contributed by atoms with van der Waals surface area (Å²) in [7, 11) is -2.46. The molecule has 0 amide bonds. The lowest BCUT2D eigenvalue weighted by atomic mass is 10.1. The van der Waals surface area contributed by atoms with Gasteiger partial charge >= 0.3 is 6.18 Å². The topological polar surface area (TPSA) is 55.8 Å². The lowest BCUT2D eigenvalue weighted by Gasteiger charge is -2.33. The molecule has 0 saturated carbocycles. The number of hydrogen-bond acceptors (Lipinski definition) is 4. The Bertz CT molecular complexity index is 988. The molecule has 3 rings (SSSR count). The molecule has 29 heavy (non-hydrogen) atoms. The van der Waals surface area contributed by atoms with Crippen LogP contribution in [0, 0.1) is 13.8 Å². The van der Waals surface area contributed by atoms with Gasteiger partial charge in [0.05, 0.1) is 25.4 Å². The number of aryl methyl sites for hydroxylation is 2. The Morgan fingerprint density at radius 2 is 1.72 bits per heavy atom. The number of nitrogens with zero attached hydrogens (tertiary/aromatic N) is 1. The summed E-state index contributed by atoms with van der Waals surface area (Å²) in [6.07, 6.45) is -5.08. The van der Waals surface area contributed by atoms with E-state index in [1.54, 1.807) is 12.1 Å². The summed E-state index contributed by atoms with van der Waals surface area (Å²) >= 11 is 0. The maximum absolute atomic E-state index is 13.2. The van der Waals surface area contributed by atoms with Gasteiger partial charge in [-0.05, 0) is 54.8 Å². The molecule has 2 aromatic carbocycles. The van der Waals surface area contributed by atoms with Crippen molar-refractivity contribution in [2.24, 2.45) is 0 Å². The predicted molar refractivity (Wildman–Crippen MR) is 101 cm³/mol. The summed E-state index contributed by atoms with van der Waals surface area (Å²) in [6.45, 7) is 3.97. The van der Waals surface area contributed by atoms with Crippen molar-refractivity contribution >= 4 is 10.0 Å². The molecular weight excluding hydrogens is 407 g/mol. The van der Waals surface area contributed by atoms with Crippen LogP contribution in [0.4, 0.5) is 13.2 Å². The Balaban J connectivity index is 1.88. The summed E-state index contributed by atoms with van der Waals surface area (Å²) in [5.41, 5.74) is 1.45. The molecule has 1 unspecified atom stereocenters. The predicted octanol–water partition coefficient (Wildman–Crippen LogP) is 4.09. The molecule has 0 bridgehead atoms. The number of hydrogen-bond donors (Lipinski definition) is 0. The zero-order valence-electron chi connectivity index (χ0n) is 16.3. The zero-order chi connectivity index (χ0) is 21.4. The molecule has 158 valence electrons. The molecule has 5 nitrogen and oxygen atoms in total. The first-order valence-electron chi connectivity index (χ1n) is 8.98. The molecular formula is C20H22F3NO4S. The van der Waals surface area contributed by atoms with Gasteiger partial charge in [0, 0.05) is 13.1 Å². The molecule has 0 radical (unpaired) electrons. The number of sulfonamides is 1. The first-order valence-corrected chi connectivity index (χ1v) is 10.4. The van der Waals surface area contributed by atoms with Gasteiger partial charge in [-0.15, -0.1) is 0 Å². The third kappa shape index (κ3) is 4.41. The molecule has 1 fully saturated rings. The second-order valence-electron chi connectivity index (χ2n) is 6.93. The van der Waals surface area contributed by atoms with Crippen molar-refractivity contribution in [2.75, 3.05) is 26.8 Å². The van der Waals surface area contributed by atoms with Gasteiger partial charge in [-0.1, -0.05) is 12.1 Å². The van der Waals surface area contributed by atoms with Crippen LogP contribution in [0.5, 0.6) is 5.75 Å². The van der Waals surface area contributed by atoms with Crippen molar-refractivity contribution in [1.29, 1.82) is 0 Å². The van der Waals surface area contributed by atoms with Gasteiger partial charge < -0.3 is 9.47 Å². The summed E-state index contributed by atoms with van der Waals surface area (Å²) in [4.78, 5) is 0.0659. The Morgan fingerprint density at radius 1 is 1.10 bits per heavy atom. The third-order valence-corrected chi connectivity index (χ3v) is 6.92. The smallest absolute Gasteiger partial charge is 0.416 e. The molecule has 1 saturated heterocycles. The van der Waals surface area contributed by atoms with E-state index in [1.165, 1.54) is 23.5 Å². The number of benzene rings is 2. The number of rotatable bonds is 4. The molecule has 0 aromatic heterocycles. The van der Waals surface area contributed by atoms with Gasteiger partial charge in [0.25, 0.3) is 0 Å². The Kier molecular flexibility index (Phi) is 5.93. The normalized spacial score (nSPS) is 18.6. The lowest BCUT2D eigenvalue weighted by molar-refractivity contribution is -0.137. The summed E-state index contributed by atoms with van der Waals surface area (Å²) in [5.74, 6) is 0.255. The quantitative estimate of drug-likeness (QED) is 0.735. The zero-order valence-corrected chi connectivity index (χ0v) is 17.1. The highest BCUT2D eigenvalue weighted by Gasteiger charge is 2.34. The number of alkyl halides is 3. The van der Waals surface area contributed by atoms with Gasteiger partial charge in [0.2, 0.25) is 10.0 Å². The molecule has 9 heteroatoms. The summed E-state index contributed by atoms with van der Waals surface area (Å²) in [6, 6.07) is 7.83. The van der Waals surface area contributed by atoms with Gasteiger partial charge in [-0.2, -0.15) is 17.5 Å². The van der Waals surface area contributed by atoms with E-state index in [2.05, 4.69) is 0 Å². The Morgan fingerprint density at radius 3 is 2.31 bits per heavy atom. The molecule has 0 aliphatic carbocycles. The summed E-state index contributed by atoms with van der Waals surface area (Å²) in [5, 5.41) is 0.